The van der Waals surface area contributed by atoms with Crippen molar-refractivity contribution >= 4 is 17.4 Å². The van der Waals surface area contributed by atoms with Crippen LogP contribution in [0.1, 0.15) is 60.8 Å². The lowest BCUT2D eigenvalue weighted by Gasteiger charge is -2.34. The summed E-state index contributed by atoms with van der Waals surface area (Å²) in [5, 5.41) is 11.1. The molecular formula is C24H27NO5. The number of nitrogens with zero attached hydrogens (tertiary/aromatic N) is 1. The number of amides is 1. The van der Waals surface area contributed by atoms with Gasteiger partial charge in [0.25, 0.3) is 11.7 Å². The number of hydrogen-bond acceptors (Lipinski definition) is 5. The molecule has 1 saturated heterocycles. The van der Waals surface area contributed by atoms with Gasteiger partial charge in [0.05, 0.1) is 12.7 Å². The maximum atomic E-state index is 13.1. The average molecular weight is 409 g/mol. The summed E-state index contributed by atoms with van der Waals surface area (Å²) < 4.78 is 11.1. The van der Waals surface area contributed by atoms with E-state index in [1.807, 2.05) is 19.9 Å². The monoisotopic (exact) mass is 409 g/mol. The molecule has 2 fully saturated rings. The van der Waals surface area contributed by atoms with Crippen molar-refractivity contribution in [2.75, 3.05) is 7.11 Å². The van der Waals surface area contributed by atoms with Crippen LogP contribution in [0.4, 0.5) is 0 Å². The van der Waals surface area contributed by atoms with Crippen molar-refractivity contribution in [3.8, 4) is 5.75 Å². The molecule has 30 heavy (non-hydrogen) atoms. The summed E-state index contributed by atoms with van der Waals surface area (Å²) >= 11 is 0. The summed E-state index contributed by atoms with van der Waals surface area (Å²) in [7, 11) is 1.58. The highest BCUT2D eigenvalue weighted by Crippen LogP contribution is 2.43. The molecule has 2 aromatic rings. The molecule has 1 saturated carbocycles. The van der Waals surface area contributed by atoms with E-state index in [4.69, 9.17) is 9.15 Å². The van der Waals surface area contributed by atoms with E-state index in [1.54, 1.807) is 36.3 Å². The Balaban J connectivity index is 1.85. The Morgan fingerprint density at radius 2 is 1.83 bits per heavy atom. The number of aliphatic hydroxyl groups is 1. The topological polar surface area (TPSA) is 80.0 Å². The average Bonchev–Trinajstić information content (AvgIpc) is 3.29. The third-order valence-electron chi connectivity index (χ3n) is 6.15. The first-order valence-electron chi connectivity index (χ1n) is 10.4. The molecule has 4 rings (SSSR count). The number of aryl methyl sites for hydroxylation is 2. The largest absolute Gasteiger partial charge is 0.507 e. The van der Waals surface area contributed by atoms with Crippen LogP contribution in [-0.4, -0.2) is 34.8 Å². The number of carbonyl (C=O) groups excluding carboxylic acids is 2. The maximum absolute atomic E-state index is 13.1. The lowest BCUT2D eigenvalue weighted by Crippen LogP contribution is -2.40. The van der Waals surface area contributed by atoms with Gasteiger partial charge in [-0.15, -0.1) is 0 Å². The number of aliphatic hydroxyl groups excluding tert-OH is 1. The van der Waals surface area contributed by atoms with Crippen LogP contribution < -0.4 is 4.74 Å². The van der Waals surface area contributed by atoms with Crippen molar-refractivity contribution in [3.63, 3.8) is 0 Å². The number of ketones is 1. The van der Waals surface area contributed by atoms with Gasteiger partial charge in [-0.1, -0.05) is 19.3 Å². The number of ether oxygens (including phenoxy) is 1. The number of benzene rings is 1. The molecule has 1 atom stereocenters. The Morgan fingerprint density at radius 1 is 1.10 bits per heavy atom. The normalized spacial score (nSPS) is 22.0. The van der Waals surface area contributed by atoms with Gasteiger partial charge in [0.15, 0.2) is 0 Å². The molecule has 1 aliphatic carbocycles. The molecule has 2 aliphatic rings. The molecule has 1 amide bonds. The summed E-state index contributed by atoms with van der Waals surface area (Å²) in [6.07, 6.45) is 4.89. The van der Waals surface area contributed by atoms with E-state index in [9.17, 15) is 14.7 Å². The third kappa shape index (κ3) is 3.40. The Bertz CT molecular complexity index is 1010. The van der Waals surface area contributed by atoms with E-state index >= 15 is 0 Å². The third-order valence-corrected chi connectivity index (χ3v) is 6.15. The number of hydrogen-bond donors (Lipinski definition) is 1. The molecule has 6 heteroatoms. The Labute approximate surface area is 176 Å². The molecule has 0 spiro atoms. The molecule has 1 aliphatic heterocycles. The summed E-state index contributed by atoms with van der Waals surface area (Å²) in [5.74, 6) is 0.478. The summed E-state index contributed by atoms with van der Waals surface area (Å²) in [4.78, 5) is 27.8. The molecule has 1 aromatic heterocycles. The smallest absolute Gasteiger partial charge is 0.296 e. The van der Waals surface area contributed by atoms with Gasteiger partial charge in [-0.3, -0.25) is 9.59 Å². The first-order valence-corrected chi connectivity index (χ1v) is 10.4. The number of likely N-dealkylation sites (tertiary alicyclic amines) is 1. The molecule has 1 N–H and O–H groups in total. The first-order chi connectivity index (χ1) is 14.4. The Hall–Kier alpha value is -3.02. The second-order valence-electron chi connectivity index (χ2n) is 8.13. The van der Waals surface area contributed by atoms with Crippen molar-refractivity contribution in [2.45, 2.75) is 58.0 Å². The van der Waals surface area contributed by atoms with Crippen LogP contribution in [0, 0.1) is 13.8 Å². The van der Waals surface area contributed by atoms with E-state index < -0.39 is 17.7 Å². The minimum Gasteiger partial charge on any atom is -0.507 e. The zero-order valence-electron chi connectivity index (χ0n) is 17.6. The SMILES string of the molecule is COc1ccc(/C(O)=C2/C(=O)C(=O)N(C3CCCCC3)C2c2ccc(C)o2)cc1C. The molecule has 1 unspecified atom stereocenters. The van der Waals surface area contributed by atoms with Crippen LogP contribution in [0.5, 0.6) is 5.75 Å². The quantitative estimate of drug-likeness (QED) is 0.451. The van der Waals surface area contributed by atoms with Gasteiger partial charge in [0.1, 0.15) is 29.1 Å². The van der Waals surface area contributed by atoms with Crippen LogP contribution in [-0.2, 0) is 9.59 Å². The van der Waals surface area contributed by atoms with Gasteiger partial charge in [-0.2, -0.15) is 0 Å². The van der Waals surface area contributed by atoms with Crippen molar-refractivity contribution in [1.82, 2.24) is 4.90 Å². The molecule has 0 radical (unpaired) electrons. The lowest BCUT2D eigenvalue weighted by atomic mass is 9.92. The highest BCUT2D eigenvalue weighted by molar-refractivity contribution is 6.46. The number of Topliss-reactive ketones (excluding diaryl/α,β-unsaturated/α-hetero) is 1. The van der Waals surface area contributed by atoms with Gasteiger partial charge in [0, 0.05) is 11.6 Å². The van der Waals surface area contributed by atoms with E-state index in [2.05, 4.69) is 0 Å². The van der Waals surface area contributed by atoms with Crippen LogP contribution in [0.3, 0.4) is 0 Å². The molecule has 158 valence electrons. The van der Waals surface area contributed by atoms with E-state index in [-0.39, 0.29) is 17.4 Å². The molecule has 1 aromatic carbocycles. The van der Waals surface area contributed by atoms with E-state index in [0.29, 0.717) is 22.8 Å². The highest BCUT2D eigenvalue weighted by Gasteiger charge is 2.50. The standard InChI is InChI=1S/C24H27NO5/c1-14-13-16(10-12-18(14)29-3)22(26)20-21(19-11-9-15(2)30-19)25(24(28)23(20)27)17-7-5-4-6-8-17/h9-13,17,21,26H,4-8H2,1-3H3/b22-20-. The summed E-state index contributed by atoms with van der Waals surface area (Å²) in [6, 6.07) is 8.04. The zero-order chi connectivity index (χ0) is 21.4. The second kappa shape index (κ2) is 8.01. The fraction of sp³-hybridized carbons (Fsp3) is 0.417. The number of rotatable bonds is 4. The number of furan rings is 1. The minimum absolute atomic E-state index is 0.0338. The van der Waals surface area contributed by atoms with Gasteiger partial charge >= 0.3 is 0 Å². The van der Waals surface area contributed by atoms with Gasteiger partial charge in [0.2, 0.25) is 0 Å². The molecule has 0 bridgehead atoms. The van der Waals surface area contributed by atoms with Gasteiger partial charge < -0.3 is 19.2 Å². The van der Waals surface area contributed by atoms with Gasteiger partial charge in [-0.05, 0) is 62.6 Å². The maximum Gasteiger partial charge on any atom is 0.296 e. The van der Waals surface area contributed by atoms with Crippen molar-refractivity contribution in [1.29, 1.82) is 0 Å². The number of carbonyl (C=O) groups is 2. The van der Waals surface area contributed by atoms with Crippen LogP contribution in [0.25, 0.3) is 5.76 Å². The van der Waals surface area contributed by atoms with E-state index in [0.717, 1.165) is 37.7 Å². The molecule has 2 heterocycles. The number of methoxy groups -OCH3 is 1. The van der Waals surface area contributed by atoms with Crippen LogP contribution in [0.15, 0.2) is 40.3 Å². The van der Waals surface area contributed by atoms with Gasteiger partial charge in [-0.25, -0.2) is 0 Å². The highest BCUT2D eigenvalue weighted by atomic mass is 16.5. The zero-order valence-corrected chi connectivity index (χ0v) is 17.6. The lowest BCUT2D eigenvalue weighted by molar-refractivity contribution is -0.142. The van der Waals surface area contributed by atoms with Crippen LogP contribution >= 0.6 is 0 Å². The van der Waals surface area contributed by atoms with Crippen molar-refractivity contribution in [2.24, 2.45) is 0 Å². The summed E-state index contributed by atoms with van der Waals surface area (Å²) in [5.41, 5.74) is 1.39. The van der Waals surface area contributed by atoms with E-state index in [1.165, 1.54) is 0 Å². The molecular weight excluding hydrogens is 382 g/mol. The molecule has 6 nitrogen and oxygen atoms in total. The Kier molecular flexibility index (Phi) is 5.41. The summed E-state index contributed by atoms with van der Waals surface area (Å²) in [6.45, 7) is 3.69. The second-order valence-corrected chi connectivity index (χ2v) is 8.13. The Morgan fingerprint density at radius 3 is 2.43 bits per heavy atom. The predicted molar refractivity (Wildman–Crippen MR) is 112 cm³/mol. The van der Waals surface area contributed by atoms with Crippen molar-refractivity contribution in [3.05, 3.63) is 58.6 Å². The fourth-order valence-electron chi connectivity index (χ4n) is 4.65. The fourth-order valence-corrected chi connectivity index (χ4v) is 4.65. The minimum atomic E-state index is -0.718. The first kappa shape index (κ1) is 20.3. The van der Waals surface area contributed by atoms with Crippen molar-refractivity contribution < 1.29 is 23.8 Å². The predicted octanol–water partition coefficient (Wildman–Crippen LogP) is 4.66. The van der Waals surface area contributed by atoms with Crippen LogP contribution in [0.2, 0.25) is 0 Å².